The Hall–Kier alpha value is -2.91. The molecule has 0 fully saturated rings. The Labute approximate surface area is 151 Å². The van der Waals surface area contributed by atoms with Crippen LogP contribution in [0.3, 0.4) is 0 Å². The highest BCUT2D eigenvalue weighted by Crippen LogP contribution is 2.31. The van der Waals surface area contributed by atoms with E-state index in [9.17, 15) is 4.39 Å². The second kappa shape index (κ2) is 7.32. The average Bonchev–Trinajstić information content (AvgIpc) is 2.64. The number of rotatable bonds is 3. The normalized spacial score (nSPS) is 10.3. The molecule has 0 atom stereocenters. The van der Waals surface area contributed by atoms with Gasteiger partial charge in [-0.2, -0.15) is 0 Å². The summed E-state index contributed by atoms with van der Waals surface area (Å²) in [6.45, 7) is 0. The maximum atomic E-state index is 14.0. The van der Waals surface area contributed by atoms with Crippen LogP contribution in [0.2, 0.25) is 0 Å². The Morgan fingerprint density at radius 1 is 0.720 bits per heavy atom. The summed E-state index contributed by atoms with van der Waals surface area (Å²) in [6.07, 6.45) is 0. The van der Waals surface area contributed by atoms with E-state index in [1.807, 2.05) is 66.7 Å². The molecule has 1 heterocycles. The van der Waals surface area contributed by atoms with Crippen molar-refractivity contribution in [2.45, 2.75) is 0 Å². The molecule has 0 aliphatic carbocycles. The number of halogens is 2. The molecule has 4 rings (SSSR count). The van der Waals surface area contributed by atoms with Gasteiger partial charge in [-0.3, -0.25) is 0 Å². The van der Waals surface area contributed by atoms with E-state index < -0.39 is 0 Å². The number of nitrogens with one attached hydrogen (secondary N) is 1. The summed E-state index contributed by atoms with van der Waals surface area (Å²) < 4.78 is 14.0. The fourth-order valence-electron chi connectivity index (χ4n) is 2.74. The fourth-order valence-corrected chi connectivity index (χ4v) is 2.74. The first-order valence-corrected chi connectivity index (χ1v) is 7.78. The van der Waals surface area contributed by atoms with E-state index in [1.165, 1.54) is 6.07 Å². The Morgan fingerprint density at radius 2 is 1.40 bits per heavy atom. The van der Waals surface area contributed by atoms with Crippen LogP contribution in [0.5, 0.6) is 0 Å². The molecule has 0 aliphatic heterocycles. The molecule has 25 heavy (non-hydrogen) atoms. The SMILES string of the molecule is Cl.Fc1ccccc1Nc1cc(-c2ccccc2)nc2ccccc12. The molecule has 3 aromatic carbocycles. The second-order valence-corrected chi connectivity index (χ2v) is 5.54. The molecule has 0 saturated carbocycles. The minimum atomic E-state index is -0.278. The van der Waals surface area contributed by atoms with Crippen molar-refractivity contribution in [1.82, 2.24) is 4.98 Å². The molecule has 1 N–H and O–H groups in total. The number of hydrogen-bond acceptors (Lipinski definition) is 2. The summed E-state index contributed by atoms with van der Waals surface area (Å²) in [6, 6.07) is 26.5. The summed E-state index contributed by atoms with van der Waals surface area (Å²) in [4.78, 5) is 4.74. The van der Waals surface area contributed by atoms with Crippen molar-refractivity contribution in [3.63, 3.8) is 0 Å². The monoisotopic (exact) mass is 350 g/mol. The van der Waals surface area contributed by atoms with Crippen LogP contribution in [0.25, 0.3) is 22.2 Å². The first-order valence-electron chi connectivity index (χ1n) is 7.78. The van der Waals surface area contributed by atoms with Gasteiger partial charge in [-0.15, -0.1) is 12.4 Å². The zero-order valence-corrected chi connectivity index (χ0v) is 14.1. The van der Waals surface area contributed by atoms with Crippen LogP contribution in [0.1, 0.15) is 0 Å². The summed E-state index contributed by atoms with van der Waals surface area (Å²) in [5.41, 5.74) is 4.04. The van der Waals surface area contributed by atoms with Gasteiger partial charge < -0.3 is 5.32 Å². The minimum Gasteiger partial charge on any atom is -0.353 e. The highest BCUT2D eigenvalue weighted by molar-refractivity contribution is 5.95. The summed E-state index contributed by atoms with van der Waals surface area (Å²) in [5, 5.41) is 4.17. The maximum Gasteiger partial charge on any atom is 0.146 e. The topological polar surface area (TPSA) is 24.9 Å². The molecule has 124 valence electrons. The van der Waals surface area contributed by atoms with Crippen LogP contribution in [0, 0.1) is 5.82 Å². The third-order valence-electron chi connectivity index (χ3n) is 3.93. The third kappa shape index (κ3) is 3.47. The molecule has 4 heteroatoms. The first kappa shape index (κ1) is 16.9. The fraction of sp³-hybridized carbons (Fsp3) is 0. The molecule has 1 aromatic heterocycles. The van der Waals surface area contributed by atoms with Gasteiger partial charge in [0.1, 0.15) is 5.82 Å². The van der Waals surface area contributed by atoms with E-state index in [-0.39, 0.29) is 18.2 Å². The number of benzene rings is 3. The number of para-hydroxylation sites is 2. The van der Waals surface area contributed by atoms with Crippen molar-refractivity contribution in [1.29, 1.82) is 0 Å². The van der Waals surface area contributed by atoms with Crippen molar-refractivity contribution in [2.75, 3.05) is 5.32 Å². The molecule has 0 saturated heterocycles. The van der Waals surface area contributed by atoms with Gasteiger partial charge in [0.2, 0.25) is 0 Å². The molecule has 0 aliphatic rings. The van der Waals surface area contributed by atoms with Crippen molar-refractivity contribution < 1.29 is 4.39 Å². The van der Waals surface area contributed by atoms with Gasteiger partial charge in [0, 0.05) is 10.9 Å². The van der Waals surface area contributed by atoms with Crippen LogP contribution in [-0.4, -0.2) is 4.98 Å². The smallest absolute Gasteiger partial charge is 0.146 e. The zero-order chi connectivity index (χ0) is 16.4. The third-order valence-corrected chi connectivity index (χ3v) is 3.93. The van der Waals surface area contributed by atoms with Crippen LogP contribution in [0.15, 0.2) is 84.9 Å². The average molecular weight is 351 g/mol. The quantitative estimate of drug-likeness (QED) is 0.475. The number of anilines is 2. The molecule has 0 radical (unpaired) electrons. The van der Waals surface area contributed by atoms with Gasteiger partial charge in [-0.1, -0.05) is 60.7 Å². The molecular formula is C21H16ClFN2. The molecule has 4 aromatic rings. The van der Waals surface area contributed by atoms with Crippen molar-refractivity contribution in [3.8, 4) is 11.3 Å². The standard InChI is InChI=1S/C21H15FN2.ClH/c22-17-11-5-7-13-19(17)24-21-14-20(15-8-2-1-3-9-15)23-18-12-6-4-10-16(18)21;/h1-14H,(H,23,24);1H. The number of nitrogens with zero attached hydrogens (tertiary/aromatic N) is 1. The summed E-state index contributed by atoms with van der Waals surface area (Å²) in [7, 11) is 0. The minimum absolute atomic E-state index is 0. The first-order chi connectivity index (χ1) is 11.8. The van der Waals surface area contributed by atoms with Crippen molar-refractivity contribution >= 4 is 34.7 Å². The highest BCUT2D eigenvalue weighted by Gasteiger charge is 2.09. The van der Waals surface area contributed by atoms with Crippen LogP contribution in [-0.2, 0) is 0 Å². The molecule has 2 nitrogen and oxygen atoms in total. The Bertz CT molecular complexity index is 1000. The number of aromatic nitrogens is 1. The predicted octanol–water partition coefficient (Wildman–Crippen LogP) is 6.21. The maximum absolute atomic E-state index is 14.0. The van der Waals surface area contributed by atoms with Gasteiger partial charge >= 0.3 is 0 Å². The zero-order valence-electron chi connectivity index (χ0n) is 13.3. The Morgan fingerprint density at radius 3 is 2.20 bits per heavy atom. The van der Waals surface area contributed by atoms with Gasteiger partial charge in [0.15, 0.2) is 0 Å². The van der Waals surface area contributed by atoms with Gasteiger partial charge in [-0.25, -0.2) is 9.37 Å². The van der Waals surface area contributed by atoms with Crippen molar-refractivity contribution in [2.24, 2.45) is 0 Å². The number of hydrogen-bond donors (Lipinski definition) is 1. The molecular weight excluding hydrogens is 335 g/mol. The van der Waals surface area contributed by atoms with Gasteiger partial charge in [0.25, 0.3) is 0 Å². The van der Waals surface area contributed by atoms with Crippen molar-refractivity contribution in [3.05, 3.63) is 90.7 Å². The van der Waals surface area contributed by atoms with Crippen LogP contribution >= 0.6 is 12.4 Å². The lowest BCUT2D eigenvalue weighted by Crippen LogP contribution is -1.97. The van der Waals surface area contributed by atoms with Gasteiger partial charge in [0.05, 0.1) is 22.6 Å². The van der Waals surface area contributed by atoms with Gasteiger partial charge in [-0.05, 0) is 24.3 Å². The van der Waals surface area contributed by atoms with Crippen LogP contribution in [0.4, 0.5) is 15.8 Å². The van der Waals surface area contributed by atoms with E-state index in [0.717, 1.165) is 27.8 Å². The highest BCUT2D eigenvalue weighted by atomic mass is 35.5. The lowest BCUT2D eigenvalue weighted by molar-refractivity contribution is 0.632. The number of fused-ring (bicyclic) bond motifs is 1. The van der Waals surface area contributed by atoms with E-state index in [4.69, 9.17) is 4.98 Å². The van der Waals surface area contributed by atoms with E-state index in [1.54, 1.807) is 12.1 Å². The molecule has 0 amide bonds. The van der Waals surface area contributed by atoms with E-state index in [2.05, 4.69) is 5.32 Å². The molecule has 0 bridgehead atoms. The van der Waals surface area contributed by atoms with E-state index >= 15 is 0 Å². The van der Waals surface area contributed by atoms with Crippen LogP contribution < -0.4 is 5.32 Å². The largest absolute Gasteiger partial charge is 0.353 e. The second-order valence-electron chi connectivity index (χ2n) is 5.54. The molecule has 0 unspecified atom stereocenters. The predicted molar refractivity (Wildman–Crippen MR) is 104 cm³/mol. The number of pyridine rings is 1. The lowest BCUT2D eigenvalue weighted by Gasteiger charge is -2.13. The summed E-state index contributed by atoms with van der Waals surface area (Å²) >= 11 is 0. The summed E-state index contributed by atoms with van der Waals surface area (Å²) in [5.74, 6) is -0.278. The molecule has 0 spiro atoms. The van der Waals surface area contributed by atoms with E-state index in [0.29, 0.717) is 5.69 Å². The Balaban J connectivity index is 0.00000182. The lowest BCUT2D eigenvalue weighted by atomic mass is 10.1. The Kier molecular flexibility index (Phi) is 4.96.